The van der Waals surface area contributed by atoms with Crippen molar-refractivity contribution < 1.29 is 9.18 Å². The number of hydrogen-bond acceptors (Lipinski definition) is 3. The van der Waals surface area contributed by atoms with E-state index >= 15 is 0 Å². The maximum Gasteiger partial charge on any atom is 0.253 e. The van der Waals surface area contributed by atoms with Gasteiger partial charge in [-0.1, -0.05) is 18.2 Å². The lowest BCUT2D eigenvalue weighted by molar-refractivity contribution is 0.0937. The summed E-state index contributed by atoms with van der Waals surface area (Å²) < 4.78 is 15.4. The Hall–Kier alpha value is -2.44. The average Bonchev–Trinajstić information content (AvgIpc) is 3.42. The van der Waals surface area contributed by atoms with E-state index < -0.39 is 0 Å². The zero-order chi connectivity index (χ0) is 20.4. The first-order valence-corrected chi connectivity index (χ1v) is 10.9. The van der Waals surface area contributed by atoms with Crippen LogP contribution in [0.15, 0.2) is 47.8 Å². The molecule has 1 atom stereocenters. The minimum Gasteiger partial charge on any atom is -0.348 e. The number of thiophene rings is 1. The van der Waals surface area contributed by atoms with Crippen LogP contribution >= 0.6 is 11.3 Å². The van der Waals surface area contributed by atoms with Crippen LogP contribution in [0, 0.1) is 12.7 Å². The van der Waals surface area contributed by atoms with Crippen LogP contribution in [0.4, 0.5) is 4.39 Å². The molecule has 0 aliphatic carbocycles. The van der Waals surface area contributed by atoms with Gasteiger partial charge in [0, 0.05) is 24.8 Å². The Morgan fingerprint density at radius 1 is 1.28 bits per heavy atom. The molecule has 152 valence electrons. The largest absolute Gasteiger partial charge is 0.348 e. The second-order valence-corrected chi connectivity index (χ2v) is 8.70. The van der Waals surface area contributed by atoms with Gasteiger partial charge in [0.25, 0.3) is 5.91 Å². The molecule has 1 fully saturated rings. The quantitative estimate of drug-likeness (QED) is 0.655. The number of benzene rings is 1. The number of nitrogens with zero attached hydrogens (tertiary/aromatic N) is 2. The molecule has 1 aromatic carbocycles. The third kappa shape index (κ3) is 4.43. The predicted molar refractivity (Wildman–Crippen MR) is 116 cm³/mol. The summed E-state index contributed by atoms with van der Waals surface area (Å²) in [6, 6.07) is 13.0. The number of hydrogen-bond donors (Lipinski definition) is 1. The number of halogens is 1. The molecule has 1 aliphatic rings. The molecule has 2 aromatic heterocycles. The lowest BCUT2D eigenvalue weighted by Crippen LogP contribution is -2.36. The van der Waals surface area contributed by atoms with E-state index in [0.29, 0.717) is 0 Å². The van der Waals surface area contributed by atoms with Gasteiger partial charge in [0.05, 0.1) is 16.1 Å². The van der Waals surface area contributed by atoms with Crippen LogP contribution in [0.3, 0.4) is 0 Å². The third-order valence-electron chi connectivity index (χ3n) is 5.65. The van der Waals surface area contributed by atoms with Crippen molar-refractivity contribution in [3.05, 3.63) is 70.5 Å². The number of rotatable bonds is 6. The minimum atomic E-state index is -0.221. The van der Waals surface area contributed by atoms with Gasteiger partial charge in [0.15, 0.2) is 0 Å². The van der Waals surface area contributed by atoms with Crippen LogP contribution in [0.2, 0.25) is 0 Å². The molecule has 4 rings (SSSR count). The predicted octanol–water partition coefficient (Wildman–Crippen LogP) is 4.34. The van der Waals surface area contributed by atoms with Gasteiger partial charge >= 0.3 is 0 Å². The molecule has 1 saturated heterocycles. The van der Waals surface area contributed by atoms with Crippen molar-refractivity contribution in [3.63, 3.8) is 0 Å². The van der Waals surface area contributed by atoms with Crippen LogP contribution in [-0.4, -0.2) is 41.6 Å². The SMILES string of the molecule is Cc1c(C(=O)N[C@H]2CCN(C)C2)cc(-c2cccs2)n1CCc1ccc(F)cc1. The Balaban J connectivity index is 1.58. The van der Waals surface area contributed by atoms with Crippen molar-refractivity contribution in [3.8, 4) is 10.6 Å². The topological polar surface area (TPSA) is 37.3 Å². The van der Waals surface area contributed by atoms with E-state index in [9.17, 15) is 9.18 Å². The average molecular weight is 412 g/mol. The standard InChI is InChI=1S/C23H26FN3OS/c1-16-20(23(28)25-19-10-11-26(2)15-19)14-21(22-4-3-13-29-22)27(16)12-9-17-5-7-18(24)8-6-17/h3-8,13-14,19H,9-12,15H2,1-2H3,(H,25,28)/t19-/m0/s1. The van der Waals surface area contributed by atoms with Crippen LogP contribution in [-0.2, 0) is 13.0 Å². The highest BCUT2D eigenvalue weighted by molar-refractivity contribution is 7.13. The number of nitrogens with one attached hydrogen (secondary N) is 1. The number of aryl methyl sites for hydroxylation is 1. The van der Waals surface area contributed by atoms with Crippen molar-refractivity contribution in [1.82, 2.24) is 14.8 Å². The number of carbonyl (C=O) groups is 1. The van der Waals surface area contributed by atoms with E-state index in [1.807, 2.05) is 31.2 Å². The van der Waals surface area contributed by atoms with Gasteiger partial charge in [-0.3, -0.25) is 4.79 Å². The Kier molecular flexibility index (Phi) is 5.83. The molecule has 6 heteroatoms. The fourth-order valence-corrected chi connectivity index (χ4v) is 4.75. The summed E-state index contributed by atoms with van der Waals surface area (Å²) in [6.45, 7) is 4.67. The lowest BCUT2D eigenvalue weighted by Gasteiger charge is -2.14. The summed E-state index contributed by atoms with van der Waals surface area (Å²) in [6.07, 6.45) is 1.77. The molecule has 1 amide bonds. The Bertz CT molecular complexity index is 978. The molecule has 0 bridgehead atoms. The maximum absolute atomic E-state index is 13.2. The van der Waals surface area contributed by atoms with Gasteiger partial charge in [-0.05, 0) is 68.6 Å². The minimum absolute atomic E-state index is 0.00105. The van der Waals surface area contributed by atoms with Crippen LogP contribution < -0.4 is 5.32 Å². The number of likely N-dealkylation sites (N-methyl/N-ethyl adjacent to an activating group) is 1. The van der Waals surface area contributed by atoms with E-state index in [-0.39, 0.29) is 17.8 Å². The van der Waals surface area contributed by atoms with Crippen molar-refractivity contribution >= 4 is 17.2 Å². The van der Waals surface area contributed by atoms with E-state index in [0.717, 1.165) is 59.9 Å². The molecule has 4 nitrogen and oxygen atoms in total. The molecule has 3 heterocycles. The van der Waals surface area contributed by atoms with E-state index in [2.05, 4.69) is 33.3 Å². The molecular formula is C23H26FN3OS. The highest BCUT2D eigenvalue weighted by Crippen LogP contribution is 2.30. The zero-order valence-electron chi connectivity index (χ0n) is 16.8. The van der Waals surface area contributed by atoms with Gasteiger partial charge in [-0.15, -0.1) is 11.3 Å². The van der Waals surface area contributed by atoms with Crippen LogP contribution in [0.25, 0.3) is 10.6 Å². The number of carbonyl (C=O) groups excluding carboxylic acids is 1. The molecule has 0 unspecified atom stereocenters. The summed E-state index contributed by atoms with van der Waals surface area (Å²) in [5.41, 5.74) is 3.85. The third-order valence-corrected chi connectivity index (χ3v) is 6.54. The Morgan fingerprint density at radius 2 is 2.07 bits per heavy atom. The lowest BCUT2D eigenvalue weighted by atomic mass is 10.1. The Morgan fingerprint density at radius 3 is 2.72 bits per heavy atom. The van der Waals surface area contributed by atoms with Gasteiger partial charge in [-0.2, -0.15) is 0 Å². The summed E-state index contributed by atoms with van der Waals surface area (Å²) >= 11 is 1.67. The van der Waals surface area contributed by atoms with E-state index in [4.69, 9.17) is 0 Å². The molecule has 1 N–H and O–H groups in total. The second-order valence-electron chi connectivity index (χ2n) is 7.76. The molecular weight excluding hydrogens is 385 g/mol. The van der Waals surface area contributed by atoms with Crippen molar-refractivity contribution in [2.45, 2.75) is 32.4 Å². The molecule has 0 radical (unpaired) electrons. The monoisotopic (exact) mass is 411 g/mol. The molecule has 3 aromatic rings. The summed E-state index contributed by atoms with van der Waals surface area (Å²) in [5, 5.41) is 5.25. The summed E-state index contributed by atoms with van der Waals surface area (Å²) in [5.74, 6) is -0.220. The van der Waals surface area contributed by atoms with Crippen LogP contribution in [0.5, 0.6) is 0 Å². The molecule has 0 saturated carbocycles. The van der Waals surface area contributed by atoms with E-state index in [1.165, 1.54) is 12.1 Å². The second kappa shape index (κ2) is 8.51. The number of aromatic nitrogens is 1. The summed E-state index contributed by atoms with van der Waals surface area (Å²) in [7, 11) is 2.08. The zero-order valence-corrected chi connectivity index (χ0v) is 17.6. The van der Waals surface area contributed by atoms with Crippen molar-refractivity contribution in [2.75, 3.05) is 20.1 Å². The molecule has 29 heavy (non-hydrogen) atoms. The fraction of sp³-hybridized carbons (Fsp3) is 0.348. The first-order valence-electron chi connectivity index (χ1n) is 9.99. The van der Waals surface area contributed by atoms with Gasteiger partial charge in [0.1, 0.15) is 5.82 Å². The van der Waals surface area contributed by atoms with Crippen molar-refractivity contribution in [1.29, 1.82) is 0 Å². The highest BCUT2D eigenvalue weighted by atomic mass is 32.1. The molecule has 0 spiro atoms. The molecule has 1 aliphatic heterocycles. The van der Waals surface area contributed by atoms with Gasteiger partial charge in [-0.25, -0.2) is 4.39 Å². The van der Waals surface area contributed by atoms with Gasteiger partial charge in [0.2, 0.25) is 0 Å². The Labute approximate surface area is 175 Å². The highest BCUT2D eigenvalue weighted by Gasteiger charge is 2.24. The van der Waals surface area contributed by atoms with Gasteiger partial charge < -0.3 is 14.8 Å². The smallest absolute Gasteiger partial charge is 0.253 e. The van der Waals surface area contributed by atoms with Crippen LogP contribution in [0.1, 0.15) is 28.0 Å². The first kappa shape index (κ1) is 19.9. The van der Waals surface area contributed by atoms with Crippen molar-refractivity contribution in [2.24, 2.45) is 0 Å². The normalized spacial score (nSPS) is 17.0. The maximum atomic E-state index is 13.2. The number of amides is 1. The fourth-order valence-electron chi connectivity index (χ4n) is 4.00. The summed E-state index contributed by atoms with van der Waals surface area (Å²) in [4.78, 5) is 16.4. The van der Waals surface area contributed by atoms with E-state index in [1.54, 1.807) is 11.3 Å². The first-order chi connectivity index (χ1) is 14.0. The number of likely N-dealkylation sites (tertiary alicyclic amines) is 1.